The van der Waals surface area contributed by atoms with Crippen LogP contribution in [-0.2, 0) is 0 Å². The van der Waals surface area contributed by atoms with E-state index < -0.39 is 0 Å². The van der Waals surface area contributed by atoms with Gasteiger partial charge < -0.3 is 5.73 Å². The molecule has 102 valence electrons. The molecule has 0 bridgehead atoms. The molecule has 2 N–H and O–H groups in total. The smallest absolute Gasteiger partial charge is 0.111 e. The number of thiazole rings is 1. The first-order valence-corrected chi connectivity index (χ1v) is 8.60. The lowest BCUT2D eigenvalue weighted by molar-refractivity contribution is 0.121. The maximum atomic E-state index is 6.02. The zero-order valence-corrected chi connectivity index (χ0v) is 14.1. The highest BCUT2D eigenvalue weighted by molar-refractivity contribution is 14.1. The quantitative estimate of drug-likeness (QED) is 0.820. The first kappa shape index (κ1) is 14.7. The van der Waals surface area contributed by atoms with Gasteiger partial charge in [-0.25, -0.2) is 4.98 Å². The van der Waals surface area contributed by atoms with Crippen molar-refractivity contribution in [2.45, 2.75) is 45.2 Å². The fraction of sp³-hybridized carbons (Fsp3) is 0.769. The van der Waals surface area contributed by atoms with Gasteiger partial charge >= 0.3 is 0 Å². The molecule has 2 atom stereocenters. The average Bonchev–Trinajstić information content (AvgIpc) is 2.64. The van der Waals surface area contributed by atoms with Gasteiger partial charge in [-0.05, 0) is 68.3 Å². The Hall–Kier alpha value is 0.280. The number of aromatic nitrogens is 1. The van der Waals surface area contributed by atoms with Crippen LogP contribution in [0.5, 0.6) is 0 Å². The van der Waals surface area contributed by atoms with E-state index in [9.17, 15) is 0 Å². The van der Waals surface area contributed by atoms with E-state index in [1.165, 1.54) is 33.7 Å². The Morgan fingerprint density at radius 1 is 1.56 bits per heavy atom. The molecule has 0 amide bonds. The summed E-state index contributed by atoms with van der Waals surface area (Å²) in [5.74, 6) is 0.553. The van der Waals surface area contributed by atoms with Crippen LogP contribution in [0.4, 0.5) is 0 Å². The van der Waals surface area contributed by atoms with Gasteiger partial charge in [-0.2, -0.15) is 0 Å². The summed E-state index contributed by atoms with van der Waals surface area (Å²) in [6.45, 7) is 6.51. The Bertz CT molecular complexity index is 380. The summed E-state index contributed by atoms with van der Waals surface area (Å²) >= 11 is 4.18. The standard InChI is InChI=1S/C13H22IN3S/c1-9(2)17-6-4-3-5-10(7-15)12(17)13-16-8-11(14)18-13/h8-10,12H,3-7,15H2,1-2H3. The van der Waals surface area contributed by atoms with Gasteiger partial charge in [0, 0.05) is 6.04 Å². The number of nitrogens with zero attached hydrogens (tertiary/aromatic N) is 2. The fourth-order valence-corrected chi connectivity index (χ4v) is 4.52. The zero-order valence-electron chi connectivity index (χ0n) is 11.1. The van der Waals surface area contributed by atoms with Crippen molar-refractivity contribution < 1.29 is 0 Å². The highest BCUT2D eigenvalue weighted by atomic mass is 127. The number of halogens is 1. The fourth-order valence-electron chi connectivity index (χ4n) is 2.84. The van der Waals surface area contributed by atoms with E-state index >= 15 is 0 Å². The third-order valence-electron chi connectivity index (χ3n) is 3.76. The normalized spacial score (nSPS) is 26.5. The second-order valence-electron chi connectivity index (χ2n) is 5.27. The zero-order chi connectivity index (χ0) is 13.1. The molecule has 0 radical (unpaired) electrons. The minimum absolute atomic E-state index is 0.422. The number of rotatable bonds is 3. The Labute approximate surface area is 127 Å². The van der Waals surface area contributed by atoms with Gasteiger partial charge in [0.2, 0.25) is 0 Å². The number of nitrogens with two attached hydrogens (primary N) is 1. The Morgan fingerprint density at radius 3 is 2.89 bits per heavy atom. The van der Waals surface area contributed by atoms with Crippen LogP contribution in [0.25, 0.3) is 0 Å². The number of hydrogen-bond acceptors (Lipinski definition) is 4. The number of hydrogen-bond donors (Lipinski definition) is 1. The molecule has 0 aliphatic carbocycles. The van der Waals surface area contributed by atoms with E-state index in [-0.39, 0.29) is 0 Å². The molecule has 2 heterocycles. The highest BCUT2D eigenvalue weighted by Crippen LogP contribution is 2.37. The van der Waals surface area contributed by atoms with Gasteiger partial charge in [0.15, 0.2) is 0 Å². The van der Waals surface area contributed by atoms with Gasteiger partial charge in [-0.1, -0.05) is 6.42 Å². The lowest BCUT2D eigenvalue weighted by Crippen LogP contribution is -2.39. The summed E-state index contributed by atoms with van der Waals surface area (Å²) < 4.78 is 1.27. The molecule has 18 heavy (non-hydrogen) atoms. The van der Waals surface area contributed by atoms with Crippen LogP contribution >= 0.6 is 33.9 Å². The largest absolute Gasteiger partial charge is 0.330 e. The van der Waals surface area contributed by atoms with E-state index in [1.807, 2.05) is 17.5 Å². The minimum atomic E-state index is 0.422. The predicted octanol–water partition coefficient (Wildman–Crippen LogP) is 3.26. The average molecular weight is 379 g/mol. The molecule has 0 spiro atoms. The molecule has 1 aromatic heterocycles. The van der Waals surface area contributed by atoms with E-state index in [0.29, 0.717) is 18.0 Å². The molecule has 1 aliphatic rings. The van der Waals surface area contributed by atoms with Crippen molar-refractivity contribution >= 4 is 33.9 Å². The van der Waals surface area contributed by atoms with Crippen LogP contribution in [0.2, 0.25) is 0 Å². The van der Waals surface area contributed by atoms with E-state index in [0.717, 1.165) is 6.54 Å². The molecule has 5 heteroatoms. The molecule has 0 aromatic carbocycles. The van der Waals surface area contributed by atoms with Crippen LogP contribution in [0.1, 0.15) is 44.2 Å². The molecule has 1 saturated heterocycles. The summed E-state index contributed by atoms with van der Waals surface area (Å²) in [6.07, 6.45) is 5.80. The first-order valence-electron chi connectivity index (χ1n) is 6.70. The van der Waals surface area contributed by atoms with Gasteiger partial charge in [-0.15, -0.1) is 11.3 Å². The van der Waals surface area contributed by atoms with E-state index in [1.54, 1.807) is 0 Å². The Kier molecular flexibility index (Phi) is 5.41. The van der Waals surface area contributed by atoms with Crippen LogP contribution in [0, 0.1) is 8.80 Å². The van der Waals surface area contributed by atoms with Crippen molar-refractivity contribution in [3.05, 3.63) is 14.1 Å². The molecule has 1 aliphatic heterocycles. The molecule has 2 rings (SSSR count). The Balaban J connectivity index is 2.32. The van der Waals surface area contributed by atoms with Crippen LogP contribution in [0.15, 0.2) is 6.20 Å². The van der Waals surface area contributed by atoms with E-state index in [2.05, 4.69) is 46.3 Å². The van der Waals surface area contributed by atoms with Gasteiger partial charge in [0.1, 0.15) is 5.01 Å². The topological polar surface area (TPSA) is 42.1 Å². The summed E-state index contributed by atoms with van der Waals surface area (Å²) in [7, 11) is 0. The van der Waals surface area contributed by atoms with Crippen molar-refractivity contribution in [2.75, 3.05) is 13.1 Å². The van der Waals surface area contributed by atoms with Crippen molar-refractivity contribution in [1.82, 2.24) is 9.88 Å². The molecular formula is C13H22IN3S. The molecule has 0 saturated carbocycles. The second-order valence-corrected chi connectivity index (χ2v) is 8.23. The summed E-state index contributed by atoms with van der Waals surface area (Å²) in [5.41, 5.74) is 6.02. The maximum Gasteiger partial charge on any atom is 0.111 e. The molecule has 2 unspecified atom stereocenters. The molecular weight excluding hydrogens is 357 g/mol. The summed E-state index contributed by atoms with van der Waals surface area (Å²) in [6, 6.07) is 0.981. The monoisotopic (exact) mass is 379 g/mol. The first-order chi connectivity index (χ1) is 8.63. The lowest BCUT2D eigenvalue weighted by Gasteiger charge is -2.36. The van der Waals surface area contributed by atoms with Gasteiger partial charge in [-0.3, -0.25) is 4.90 Å². The molecule has 3 nitrogen and oxygen atoms in total. The molecule has 1 aromatic rings. The van der Waals surface area contributed by atoms with Crippen LogP contribution in [0.3, 0.4) is 0 Å². The third kappa shape index (κ3) is 3.23. The molecule has 1 fully saturated rings. The summed E-state index contributed by atoms with van der Waals surface area (Å²) in [5, 5.41) is 1.26. The van der Waals surface area contributed by atoms with Crippen molar-refractivity contribution in [3.8, 4) is 0 Å². The second kappa shape index (κ2) is 6.63. The SMILES string of the molecule is CC(C)N1CCCCC(CN)C1c1ncc(I)s1. The van der Waals surface area contributed by atoms with Crippen molar-refractivity contribution in [2.24, 2.45) is 11.7 Å². The van der Waals surface area contributed by atoms with Gasteiger partial charge in [0.05, 0.1) is 15.1 Å². The lowest BCUT2D eigenvalue weighted by atomic mass is 9.94. The van der Waals surface area contributed by atoms with Crippen LogP contribution < -0.4 is 5.73 Å². The summed E-state index contributed by atoms with van der Waals surface area (Å²) in [4.78, 5) is 7.22. The maximum absolute atomic E-state index is 6.02. The van der Waals surface area contributed by atoms with Crippen molar-refractivity contribution in [1.29, 1.82) is 0 Å². The predicted molar refractivity (Wildman–Crippen MR) is 85.8 cm³/mol. The third-order valence-corrected chi connectivity index (χ3v) is 5.56. The van der Waals surface area contributed by atoms with Crippen LogP contribution in [-0.4, -0.2) is 29.0 Å². The minimum Gasteiger partial charge on any atom is -0.330 e. The highest BCUT2D eigenvalue weighted by Gasteiger charge is 2.33. The Morgan fingerprint density at radius 2 is 2.33 bits per heavy atom. The number of likely N-dealkylation sites (tertiary alicyclic amines) is 1. The van der Waals surface area contributed by atoms with Crippen molar-refractivity contribution in [3.63, 3.8) is 0 Å². The van der Waals surface area contributed by atoms with Gasteiger partial charge in [0.25, 0.3) is 0 Å². The van der Waals surface area contributed by atoms with E-state index in [4.69, 9.17) is 5.73 Å².